The highest BCUT2D eigenvalue weighted by Crippen LogP contribution is 2.12. The fourth-order valence-electron chi connectivity index (χ4n) is 0.972. The van der Waals surface area contributed by atoms with E-state index in [-0.39, 0.29) is 5.91 Å². The zero-order valence-corrected chi connectivity index (χ0v) is 8.64. The summed E-state index contributed by atoms with van der Waals surface area (Å²) in [5, 5.41) is 7.93. The summed E-state index contributed by atoms with van der Waals surface area (Å²) in [6.45, 7) is 1.42. The molecule has 0 aliphatic rings. The molecule has 1 aromatic rings. The molecule has 0 aromatic heterocycles. The first kappa shape index (κ1) is 10.7. The van der Waals surface area contributed by atoms with Crippen LogP contribution in [-0.2, 0) is 14.5 Å². The summed E-state index contributed by atoms with van der Waals surface area (Å²) in [5.74, 6) is 3.20. The SMILES string of the molecule is C=S(N)(=O)c1ccc(NC(C)=O)cc1. The minimum Gasteiger partial charge on any atom is -0.326 e. The van der Waals surface area contributed by atoms with Crippen molar-refractivity contribution in [1.29, 1.82) is 0 Å². The molecule has 1 atom stereocenters. The van der Waals surface area contributed by atoms with Gasteiger partial charge in [0.05, 0.1) is 9.71 Å². The first-order valence-corrected chi connectivity index (χ1v) is 5.71. The summed E-state index contributed by atoms with van der Waals surface area (Å²) in [6.07, 6.45) is 0. The van der Waals surface area contributed by atoms with Crippen LogP contribution in [0.1, 0.15) is 6.92 Å². The lowest BCUT2D eigenvalue weighted by molar-refractivity contribution is -0.114. The van der Waals surface area contributed by atoms with Crippen LogP contribution in [-0.4, -0.2) is 16.0 Å². The van der Waals surface area contributed by atoms with Crippen molar-refractivity contribution in [2.75, 3.05) is 5.32 Å². The number of carbonyl (C=O) groups is 1. The number of carbonyl (C=O) groups excluding carboxylic acids is 1. The second-order valence-corrected chi connectivity index (χ2v) is 4.86. The summed E-state index contributed by atoms with van der Waals surface area (Å²) in [5.41, 5.74) is 0.643. The number of nitrogens with one attached hydrogen (secondary N) is 1. The average Bonchev–Trinajstić information content (AvgIpc) is 2.02. The summed E-state index contributed by atoms with van der Waals surface area (Å²) in [6, 6.07) is 6.43. The van der Waals surface area contributed by atoms with Crippen LogP contribution < -0.4 is 10.5 Å². The van der Waals surface area contributed by atoms with E-state index in [2.05, 4.69) is 11.2 Å². The van der Waals surface area contributed by atoms with E-state index in [0.29, 0.717) is 10.6 Å². The van der Waals surface area contributed by atoms with Crippen molar-refractivity contribution in [2.24, 2.45) is 5.14 Å². The Morgan fingerprint density at radius 3 is 2.29 bits per heavy atom. The van der Waals surface area contributed by atoms with Gasteiger partial charge in [-0.1, -0.05) is 0 Å². The molecule has 0 bridgehead atoms. The fraction of sp³-hybridized carbons (Fsp3) is 0.111. The van der Waals surface area contributed by atoms with E-state index >= 15 is 0 Å². The molecule has 5 heteroatoms. The first-order valence-electron chi connectivity index (χ1n) is 3.92. The molecule has 0 saturated heterocycles. The van der Waals surface area contributed by atoms with E-state index in [9.17, 15) is 9.00 Å². The molecule has 1 aromatic carbocycles. The predicted octanol–water partition coefficient (Wildman–Crippen LogP) is 0.594. The van der Waals surface area contributed by atoms with E-state index in [1.54, 1.807) is 24.3 Å². The zero-order valence-electron chi connectivity index (χ0n) is 7.82. The van der Waals surface area contributed by atoms with Gasteiger partial charge >= 0.3 is 0 Å². The summed E-state index contributed by atoms with van der Waals surface area (Å²) in [4.78, 5) is 11.2. The third-order valence-corrected chi connectivity index (χ3v) is 2.64. The van der Waals surface area contributed by atoms with Crippen molar-refractivity contribution in [3.05, 3.63) is 24.3 Å². The van der Waals surface area contributed by atoms with Gasteiger partial charge in [-0.25, -0.2) is 4.21 Å². The molecular weight excluding hydrogens is 200 g/mol. The number of benzene rings is 1. The van der Waals surface area contributed by atoms with Gasteiger partial charge in [-0.05, 0) is 30.1 Å². The maximum Gasteiger partial charge on any atom is 0.221 e. The maximum atomic E-state index is 11.3. The summed E-state index contributed by atoms with van der Waals surface area (Å²) < 4.78 is 11.3. The van der Waals surface area contributed by atoms with Crippen LogP contribution in [0.5, 0.6) is 0 Å². The van der Waals surface area contributed by atoms with Crippen LogP contribution >= 0.6 is 0 Å². The topological polar surface area (TPSA) is 72.2 Å². The molecule has 1 amide bonds. The van der Waals surface area contributed by atoms with Crippen LogP contribution in [0.3, 0.4) is 0 Å². The molecule has 3 N–H and O–H groups in total. The zero-order chi connectivity index (χ0) is 10.8. The molecule has 0 spiro atoms. The Bertz CT molecular complexity index is 434. The number of amides is 1. The Labute approximate surface area is 83.3 Å². The largest absolute Gasteiger partial charge is 0.326 e. The first-order chi connectivity index (χ1) is 6.39. The Kier molecular flexibility index (Phi) is 2.93. The molecule has 0 heterocycles. The van der Waals surface area contributed by atoms with E-state index in [1.165, 1.54) is 6.92 Å². The third-order valence-electron chi connectivity index (χ3n) is 1.57. The van der Waals surface area contributed by atoms with Gasteiger partial charge in [0.15, 0.2) is 0 Å². The number of rotatable bonds is 2. The van der Waals surface area contributed by atoms with Crippen LogP contribution in [0, 0.1) is 0 Å². The number of nitrogens with two attached hydrogens (primary N) is 1. The minimum atomic E-state index is -2.66. The quantitative estimate of drug-likeness (QED) is 0.704. The van der Waals surface area contributed by atoms with Crippen LogP contribution in [0.15, 0.2) is 29.2 Å². The minimum absolute atomic E-state index is 0.152. The lowest BCUT2D eigenvalue weighted by atomic mass is 10.3. The lowest BCUT2D eigenvalue weighted by Gasteiger charge is -2.05. The van der Waals surface area contributed by atoms with Gasteiger partial charge in [-0.15, -0.1) is 0 Å². The van der Waals surface area contributed by atoms with Crippen LogP contribution in [0.4, 0.5) is 5.69 Å². The summed E-state index contributed by atoms with van der Waals surface area (Å²) >= 11 is 0. The van der Waals surface area contributed by atoms with Crippen molar-refractivity contribution >= 4 is 27.2 Å². The van der Waals surface area contributed by atoms with E-state index in [1.807, 2.05) is 0 Å². The second kappa shape index (κ2) is 3.81. The highest BCUT2D eigenvalue weighted by atomic mass is 32.2. The van der Waals surface area contributed by atoms with Crippen LogP contribution in [0.2, 0.25) is 0 Å². The Balaban J connectivity index is 2.95. The van der Waals surface area contributed by atoms with Crippen LogP contribution in [0.25, 0.3) is 0 Å². The Hall–Kier alpha value is -1.33. The monoisotopic (exact) mass is 212 g/mol. The molecule has 4 nitrogen and oxygen atoms in total. The average molecular weight is 212 g/mol. The molecule has 0 saturated carbocycles. The van der Waals surface area contributed by atoms with Crippen molar-refractivity contribution in [1.82, 2.24) is 0 Å². The maximum absolute atomic E-state index is 11.3. The number of hydrogen-bond acceptors (Lipinski definition) is 2. The normalized spacial score (nSPS) is 14.4. The van der Waals surface area contributed by atoms with Gasteiger partial charge in [-0.3, -0.25) is 9.93 Å². The molecule has 0 aliphatic carbocycles. The number of hydrogen-bond donors (Lipinski definition) is 2. The lowest BCUT2D eigenvalue weighted by Crippen LogP contribution is -2.12. The highest BCUT2D eigenvalue weighted by Gasteiger charge is 2.01. The molecule has 76 valence electrons. The van der Waals surface area contributed by atoms with Gasteiger partial charge in [0.1, 0.15) is 0 Å². The molecule has 1 unspecified atom stereocenters. The van der Waals surface area contributed by atoms with Gasteiger partial charge < -0.3 is 5.32 Å². The number of anilines is 1. The van der Waals surface area contributed by atoms with E-state index < -0.39 is 9.71 Å². The Morgan fingerprint density at radius 1 is 1.43 bits per heavy atom. The van der Waals surface area contributed by atoms with Gasteiger partial charge in [0.25, 0.3) is 0 Å². The van der Waals surface area contributed by atoms with Crippen molar-refractivity contribution in [3.63, 3.8) is 0 Å². The molecule has 14 heavy (non-hydrogen) atoms. The van der Waals surface area contributed by atoms with Crippen molar-refractivity contribution in [2.45, 2.75) is 11.8 Å². The third kappa shape index (κ3) is 2.86. The van der Waals surface area contributed by atoms with E-state index in [4.69, 9.17) is 5.14 Å². The smallest absolute Gasteiger partial charge is 0.221 e. The van der Waals surface area contributed by atoms with Gasteiger partial charge in [0, 0.05) is 17.5 Å². The second-order valence-electron chi connectivity index (χ2n) is 2.93. The predicted molar refractivity (Wildman–Crippen MR) is 58.5 cm³/mol. The highest BCUT2D eigenvalue weighted by molar-refractivity contribution is 7.98. The molecule has 0 radical (unpaired) electrons. The fourth-order valence-corrected chi connectivity index (χ4v) is 1.57. The molecule has 0 fully saturated rings. The van der Waals surface area contributed by atoms with Gasteiger partial charge in [-0.2, -0.15) is 0 Å². The van der Waals surface area contributed by atoms with Crippen molar-refractivity contribution < 1.29 is 9.00 Å². The molecule has 0 aliphatic heterocycles. The van der Waals surface area contributed by atoms with E-state index in [0.717, 1.165) is 0 Å². The summed E-state index contributed by atoms with van der Waals surface area (Å²) in [7, 11) is -2.66. The van der Waals surface area contributed by atoms with Crippen molar-refractivity contribution in [3.8, 4) is 0 Å². The standard InChI is InChI=1S/C9H12N2O2S/c1-7(12)11-8-3-5-9(6-4-8)14(2,10)13/h3-6H,2H2,1H3,(H2,10,13)(H,11,12). The molecule has 1 rings (SSSR count). The van der Waals surface area contributed by atoms with Gasteiger partial charge in [0.2, 0.25) is 5.91 Å². The Morgan fingerprint density at radius 2 is 1.93 bits per heavy atom. The molecular formula is C9H12N2O2S.